The molecule has 1 aromatic heterocycles. The minimum atomic E-state index is -1.20. The molecule has 33 heavy (non-hydrogen) atoms. The van der Waals surface area contributed by atoms with Gasteiger partial charge in [-0.3, -0.25) is 4.98 Å². The summed E-state index contributed by atoms with van der Waals surface area (Å²) in [6.07, 6.45) is 0. The van der Waals surface area contributed by atoms with E-state index in [1.54, 1.807) is 0 Å². The van der Waals surface area contributed by atoms with E-state index in [4.69, 9.17) is 0 Å². The van der Waals surface area contributed by atoms with Crippen molar-refractivity contribution in [3.63, 3.8) is 0 Å². The first-order valence-corrected chi connectivity index (χ1v) is 18.0. The summed E-state index contributed by atoms with van der Waals surface area (Å²) in [6, 6.07) is 26.3. The molecule has 1 nitrogen and oxygen atoms in total. The van der Waals surface area contributed by atoms with Gasteiger partial charge in [0.25, 0.3) is 0 Å². The molecule has 1 heterocycles. The van der Waals surface area contributed by atoms with Gasteiger partial charge in [0, 0.05) is 39.0 Å². The Balaban J connectivity index is 0.000000468. The van der Waals surface area contributed by atoms with Crippen molar-refractivity contribution in [2.75, 3.05) is 0 Å². The number of aryl methyl sites for hydroxylation is 2. The molecular weight excluding hydrogens is 477 g/mol. The monoisotopic (exact) mass is 513 g/mol. The van der Waals surface area contributed by atoms with Gasteiger partial charge in [-0.2, -0.15) is 0 Å². The summed E-state index contributed by atoms with van der Waals surface area (Å²) < 4.78 is 0. The third-order valence-corrected chi connectivity index (χ3v) is 5.49. The van der Waals surface area contributed by atoms with E-state index in [2.05, 4.69) is 67.2 Å². The van der Waals surface area contributed by atoms with E-state index in [0.29, 0.717) is 0 Å². The Hall–Kier alpha value is -2.36. The molecule has 0 amide bonds. The minimum absolute atomic E-state index is 0. The maximum Gasteiger partial charge on any atom is 0.129 e. The molecule has 0 saturated carbocycles. The molecule has 3 rings (SSSR count). The number of benzene rings is 2. The van der Waals surface area contributed by atoms with Crippen LogP contribution in [0.5, 0.6) is 0 Å². The molecule has 0 spiro atoms. The average Bonchev–Trinajstić information content (AvgIpc) is 2.72. The summed E-state index contributed by atoms with van der Waals surface area (Å²) in [5, 5.41) is 0. The second kappa shape index (κ2) is 15.5. The molecular formula is C29H37NNiSi2. The Bertz CT molecular complexity index is 975. The molecule has 4 heteroatoms. The zero-order valence-electron chi connectivity index (χ0n) is 21.3. The molecule has 0 bridgehead atoms. The molecule has 0 aliphatic rings. The third-order valence-electron chi connectivity index (χ3n) is 3.74. The maximum absolute atomic E-state index is 4.17. The van der Waals surface area contributed by atoms with Crippen LogP contribution in [0.3, 0.4) is 0 Å². The molecule has 0 radical (unpaired) electrons. The van der Waals surface area contributed by atoms with E-state index in [-0.39, 0.29) is 16.5 Å². The fourth-order valence-electron chi connectivity index (χ4n) is 2.24. The molecule has 0 saturated heterocycles. The van der Waals surface area contributed by atoms with Crippen LogP contribution >= 0.6 is 0 Å². The number of pyridine rings is 1. The second-order valence-corrected chi connectivity index (χ2v) is 19.2. The number of nitrogens with zero attached hydrogens (tertiary/aromatic N) is 1. The second-order valence-electron chi connectivity index (χ2n) is 9.65. The summed E-state index contributed by atoms with van der Waals surface area (Å²) in [4.78, 5) is 4.17. The van der Waals surface area contributed by atoms with Gasteiger partial charge in [-0.1, -0.05) is 93.6 Å². The van der Waals surface area contributed by atoms with E-state index in [0.717, 1.165) is 22.5 Å². The van der Waals surface area contributed by atoms with Crippen molar-refractivity contribution < 1.29 is 16.5 Å². The molecule has 0 N–H and O–H groups in total. The molecule has 2 aromatic carbocycles. The van der Waals surface area contributed by atoms with Crippen molar-refractivity contribution in [2.24, 2.45) is 0 Å². The smallest absolute Gasteiger partial charge is 0.129 e. The predicted molar refractivity (Wildman–Crippen MR) is 147 cm³/mol. The van der Waals surface area contributed by atoms with E-state index in [1.165, 1.54) is 0 Å². The van der Waals surface area contributed by atoms with Crippen LogP contribution < -0.4 is 0 Å². The summed E-state index contributed by atoms with van der Waals surface area (Å²) in [5.41, 5.74) is 11.1. The number of hydrogen-bond acceptors (Lipinski definition) is 1. The van der Waals surface area contributed by atoms with Gasteiger partial charge < -0.3 is 0 Å². The number of hydrogen-bond donors (Lipinski definition) is 0. The summed E-state index contributed by atoms with van der Waals surface area (Å²) >= 11 is 0. The average molecular weight is 514 g/mol. The summed E-state index contributed by atoms with van der Waals surface area (Å²) in [6.45, 7) is 17.5. The van der Waals surface area contributed by atoms with E-state index < -0.39 is 16.1 Å². The van der Waals surface area contributed by atoms with Crippen LogP contribution in [0.2, 0.25) is 39.3 Å². The standard InChI is InChI=1S/2C11H14Si.C7H9N.Ni/c2*1-12(2,3)10-9-11-7-5-4-6-8-11;1-6-4-3-5-7(2)8-6;/h2*4-8H,1-3H3;3-5H,1-2H3;. The molecule has 176 valence electrons. The predicted octanol–water partition coefficient (Wildman–Crippen LogP) is 7.53. The van der Waals surface area contributed by atoms with Crippen molar-refractivity contribution >= 4 is 16.1 Å². The van der Waals surface area contributed by atoms with Crippen molar-refractivity contribution in [3.05, 3.63) is 101 Å². The zero-order valence-corrected chi connectivity index (χ0v) is 24.3. The van der Waals surface area contributed by atoms with E-state index in [1.807, 2.05) is 92.7 Å². The first-order valence-electron chi connectivity index (χ1n) is 11.0. The van der Waals surface area contributed by atoms with Crippen molar-refractivity contribution in [1.29, 1.82) is 0 Å². The van der Waals surface area contributed by atoms with Crippen LogP contribution in [0.4, 0.5) is 0 Å². The van der Waals surface area contributed by atoms with Gasteiger partial charge in [-0.25, -0.2) is 0 Å². The largest absolute Gasteiger partial charge is 0.258 e. The van der Waals surface area contributed by atoms with Gasteiger partial charge in [0.05, 0.1) is 0 Å². The Labute approximate surface area is 214 Å². The van der Waals surface area contributed by atoms with Crippen molar-refractivity contribution in [3.8, 4) is 22.9 Å². The summed E-state index contributed by atoms with van der Waals surface area (Å²) in [7, 11) is -2.40. The minimum Gasteiger partial charge on any atom is -0.258 e. The first kappa shape index (κ1) is 30.6. The van der Waals surface area contributed by atoms with Crippen LogP contribution in [-0.4, -0.2) is 21.1 Å². The van der Waals surface area contributed by atoms with Crippen LogP contribution in [0.25, 0.3) is 0 Å². The van der Waals surface area contributed by atoms with Crippen LogP contribution in [0, 0.1) is 36.8 Å². The van der Waals surface area contributed by atoms with E-state index in [9.17, 15) is 0 Å². The van der Waals surface area contributed by atoms with Gasteiger partial charge in [0.15, 0.2) is 0 Å². The van der Waals surface area contributed by atoms with Gasteiger partial charge in [0.1, 0.15) is 16.1 Å². The normalized spacial score (nSPS) is 9.70. The Morgan fingerprint density at radius 2 is 0.848 bits per heavy atom. The Morgan fingerprint density at radius 1 is 0.515 bits per heavy atom. The first-order chi connectivity index (χ1) is 14.9. The molecule has 0 atom stereocenters. The van der Waals surface area contributed by atoms with Crippen molar-refractivity contribution in [2.45, 2.75) is 53.1 Å². The molecule has 0 unspecified atom stereocenters. The third kappa shape index (κ3) is 17.8. The molecule has 0 aliphatic carbocycles. The molecule has 0 fully saturated rings. The Kier molecular flexibility index (Phi) is 14.4. The Morgan fingerprint density at radius 3 is 1.09 bits per heavy atom. The van der Waals surface area contributed by atoms with Crippen LogP contribution in [0.1, 0.15) is 22.5 Å². The molecule has 0 aliphatic heterocycles. The topological polar surface area (TPSA) is 12.9 Å². The maximum atomic E-state index is 4.17. The van der Waals surface area contributed by atoms with Crippen LogP contribution in [-0.2, 0) is 16.5 Å². The number of aromatic nitrogens is 1. The van der Waals surface area contributed by atoms with Gasteiger partial charge in [0.2, 0.25) is 0 Å². The quantitative estimate of drug-likeness (QED) is 0.223. The van der Waals surface area contributed by atoms with Crippen molar-refractivity contribution in [1.82, 2.24) is 4.98 Å². The van der Waals surface area contributed by atoms with Gasteiger partial charge in [-0.05, 0) is 50.2 Å². The molecule has 3 aromatic rings. The summed E-state index contributed by atoms with van der Waals surface area (Å²) in [5.74, 6) is 6.39. The van der Waals surface area contributed by atoms with Gasteiger partial charge in [-0.15, -0.1) is 11.1 Å². The fraction of sp³-hybridized carbons (Fsp3) is 0.276. The number of rotatable bonds is 0. The van der Waals surface area contributed by atoms with Gasteiger partial charge >= 0.3 is 0 Å². The zero-order chi connectivity index (χ0) is 24.0. The van der Waals surface area contributed by atoms with Crippen LogP contribution in [0.15, 0.2) is 78.9 Å². The fourth-order valence-corrected chi connectivity index (χ4v) is 3.28. The SMILES string of the molecule is C[Si](C)(C)C#Cc1ccccc1.C[Si](C)(C)C#Cc1ccccc1.Cc1cccc(C)n1.[Ni]. The van der Waals surface area contributed by atoms with E-state index >= 15 is 0 Å².